The van der Waals surface area contributed by atoms with Gasteiger partial charge >= 0.3 is 0 Å². The van der Waals surface area contributed by atoms with Crippen LogP contribution in [-0.2, 0) is 14.8 Å². The number of benzene rings is 1. The predicted molar refractivity (Wildman–Crippen MR) is 101 cm³/mol. The van der Waals surface area contributed by atoms with Crippen LogP contribution in [0.4, 0.5) is 0 Å². The molecule has 1 amide bonds. The molecule has 26 heavy (non-hydrogen) atoms. The highest BCUT2D eigenvalue weighted by atomic mass is 32.2. The molecule has 1 atom stereocenters. The van der Waals surface area contributed by atoms with Crippen molar-refractivity contribution in [2.45, 2.75) is 37.6 Å². The number of sulfonamides is 1. The standard InChI is InChI=1S/C19H29N3O3S/c1-15-4-8-18(9-5-15)26(24,25)22-12-10-21(11-13-22)14-19(23)20(3)16(2)17-6-7-17/h4-5,8-9,16-17H,6-7,10-14H2,1-3H3. The van der Waals surface area contributed by atoms with Crippen molar-refractivity contribution < 1.29 is 13.2 Å². The summed E-state index contributed by atoms with van der Waals surface area (Å²) in [5.74, 6) is 0.777. The van der Waals surface area contributed by atoms with Crippen LogP contribution in [0.2, 0.25) is 0 Å². The predicted octanol–water partition coefficient (Wildman–Crippen LogP) is 1.56. The second-order valence-electron chi connectivity index (χ2n) is 7.58. The summed E-state index contributed by atoms with van der Waals surface area (Å²) in [6.45, 7) is 6.43. The van der Waals surface area contributed by atoms with E-state index in [1.807, 2.05) is 31.0 Å². The Kier molecular flexibility index (Phi) is 5.69. The zero-order valence-electron chi connectivity index (χ0n) is 15.9. The van der Waals surface area contributed by atoms with Crippen molar-refractivity contribution in [3.8, 4) is 0 Å². The SMILES string of the molecule is Cc1ccc(S(=O)(=O)N2CCN(CC(=O)N(C)C(C)C3CC3)CC2)cc1. The molecule has 1 aromatic carbocycles. The van der Waals surface area contributed by atoms with Gasteiger partial charge in [-0.3, -0.25) is 9.69 Å². The molecule has 0 aromatic heterocycles. The first-order valence-corrected chi connectivity index (χ1v) is 10.8. The number of carbonyl (C=O) groups is 1. The van der Waals surface area contributed by atoms with Crippen molar-refractivity contribution in [1.82, 2.24) is 14.1 Å². The van der Waals surface area contributed by atoms with Crippen molar-refractivity contribution in [3.63, 3.8) is 0 Å². The van der Waals surface area contributed by atoms with Gasteiger partial charge in [-0.1, -0.05) is 17.7 Å². The fraction of sp³-hybridized carbons (Fsp3) is 0.632. The van der Waals surface area contributed by atoms with Crippen molar-refractivity contribution in [3.05, 3.63) is 29.8 Å². The highest BCUT2D eigenvalue weighted by Crippen LogP contribution is 2.34. The summed E-state index contributed by atoms with van der Waals surface area (Å²) < 4.78 is 27.0. The molecule has 0 radical (unpaired) electrons. The molecule has 7 heteroatoms. The Morgan fingerprint density at radius 3 is 2.27 bits per heavy atom. The molecule has 6 nitrogen and oxygen atoms in total. The van der Waals surface area contributed by atoms with Crippen LogP contribution in [0.15, 0.2) is 29.2 Å². The zero-order chi connectivity index (χ0) is 18.9. The summed E-state index contributed by atoms with van der Waals surface area (Å²) in [4.78, 5) is 16.7. The third kappa shape index (κ3) is 4.27. The third-order valence-corrected chi connectivity index (χ3v) is 7.57. The Morgan fingerprint density at radius 1 is 1.15 bits per heavy atom. The second-order valence-corrected chi connectivity index (χ2v) is 9.51. The van der Waals surface area contributed by atoms with E-state index in [0.29, 0.717) is 49.6 Å². The largest absolute Gasteiger partial charge is 0.342 e. The summed E-state index contributed by atoms with van der Waals surface area (Å²) in [5.41, 5.74) is 1.04. The lowest BCUT2D eigenvalue weighted by molar-refractivity contribution is -0.133. The van der Waals surface area contributed by atoms with Gasteiger partial charge in [0.25, 0.3) is 0 Å². The first kappa shape index (κ1) is 19.3. The normalized spacial score (nSPS) is 20.7. The van der Waals surface area contributed by atoms with Crippen LogP contribution in [-0.4, -0.2) is 74.2 Å². The lowest BCUT2D eigenvalue weighted by Gasteiger charge is -2.35. The van der Waals surface area contributed by atoms with Gasteiger partial charge in [0, 0.05) is 39.3 Å². The number of hydrogen-bond acceptors (Lipinski definition) is 4. The second kappa shape index (κ2) is 7.66. The zero-order valence-corrected chi connectivity index (χ0v) is 16.7. The van der Waals surface area contributed by atoms with Crippen LogP contribution in [0.1, 0.15) is 25.3 Å². The molecule has 1 saturated heterocycles. The molecule has 2 fully saturated rings. The van der Waals surface area contributed by atoms with Crippen molar-refractivity contribution in [2.24, 2.45) is 5.92 Å². The molecule has 144 valence electrons. The van der Waals surface area contributed by atoms with Crippen molar-refractivity contribution in [2.75, 3.05) is 39.8 Å². The Labute approximate surface area is 156 Å². The Hall–Kier alpha value is -1.44. The van der Waals surface area contributed by atoms with Crippen LogP contribution >= 0.6 is 0 Å². The smallest absolute Gasteiger partial charge is 0.243 e. The molecular weight excluding hydrogens is 350 g/mol. The number of nitrogens with zero attached hydrogens (tertiary/aromatic N) is 3. The molecule has 1 saturated carbocycles. The summed E-state index contributed by atoms with van der Waals surface area (Å²) in [7, 11) is -1.57. The number of rotatable bonds is 6. The number of carbonyl (C=O) groups excluding carboxylic acids is 1. The van der Waals surface area contributed by atoms with Crippen LogP contribution < -0.4 is 0 Å². The molecule has 3 rings (SSSR count). The first-order chi connectivity index (χ1) is 12.3. The van der Waals surface area contributed by atoms with Gasteiger partial charge in [-0.2, -0.15) is 4.31 Å². The number of likely N-dealkylation sites (N-methyl/N-ethyl adjacent to an activating group) is 1. The summed E-state index contributed by atoms with van der Waals surface area (Å²) in [6.07, 6.45) is 2.43. The van der Waals surface area contributed by atoms with Crippen LogP contribution in [0.25, 0.3) is 0 Å². The summed E-state index contributed by atoms with van der Waals surface area (Å²) >= 11 is 0. The summed E-state index contributed by atoms with van der Waals surface area (Å²) in [5, 5.41) is 0. The third-order valence-electron chi connectivity index (χ3n) is 5.66. The first-order valence-electron chi connectivity index (χ1n) is 9.34. The van der Waals surface area contributed by atoms with Crippen LogP contribution in [0.5, 0.6) is 0 Å². The molecule has 0 bridgehead atoms. The molecule has 1 unspecified atom stereocenters. The molecule has 1 aromatic rings. The molecule has 1 heterocycles. The molecule has 0 N–H and O–H groups in total. The van der Waals surface area contributed by atoms with Crippen LogP contribution in [0, 0.1) is 12.8 Å². The van der Waals surface area contributed by atoms with E-state index in [0.717, 1.165) is 5.56 Å². The summed E-state index contributed by atoms with van der Waals surface area (Å²) in [6, 6.07) is 7.26. The number of amides is 1. The highest BCUT2D eigenvalue weighted by molar-refractivity contribution is 7.89. The van der Waals surface area contributed by atoms with Gasteiger partial charge in [-0.15, -0.1) is 0 Å². The van der Waals surface area contributed by atoms with Gasteiger partial charge in [-0.25, -0.2) is 8.42 Å². The molecular formula is C19H29N3O3S. The van der Waals surface area contributed by atoms with E-state index in [1.165, 1.54) is 17.1 Å². The van der Waals surface area contributed by atoms with Gasteiger partial charge in [0.15, 0.2) is 0 Å². The maximum absolute atomic E-state index is 12.7. The fourth-order valence-corrected chi connectivity index (χ4v) is 4.83. The van der Waals surface area contributed by atoms with E-state index in [9.17, 15) is 13.2 Å². The maximum Gasteiger partial charge on any atom is 0.243 e. The Morgan fingerprint density at radius 2 is 1.73 bits per heavy atom. The van der Waals surface area contributed by atoms with E-state index in [2.05, 4.69) is 11.8 Å². The van der Waals surface area contributed by atoms with Gasteiger partial charge in [-0.05, 0) is 44.7 Å². The monoisotopic (exact) mass is 379 g/mol. The van der Waals surface area contributed by atoms with Gasteiger partial charge < -0.3 is 4.90 Å². The average molecular weight is 380 g/mol. The van der Waals surface area contributed by atoms with E-state index >= 15 is 0 Å². The molecule has 0 spiro atoms. The van der Waals surface area contributed by atoms with Crippen molar-refractivity contribution >= 4 is 15.9 Å². The van der Waals surface area contributed by atoms with Crippen LogP contribution in [0.3, 0.4) is 0 Å². The van der Waals surface area contributed by atoms with E-state index < -0.39 is 10.0 Å². The average Bonchev–Trinajstić information content (AvgIpc) is 3.46. The lowest BCUT2D eigenvalue weighted by atomic mass is 10.2. The lowest BCUT2D eigenvalue weighted by Crippen LogP contribution is -2.52. The number of piperazine rings is 1. The minimum atomic E-state index is -3.45. The van der Waals surface area contributed by atoms with E-state index in [-0.39, 0.29) is 5.91 Å². The Bertz CT molecular complexity index is 736. The highest BCUT2D eigenvalue weighted by Gasteiger charge is 2.34. The van der Waals surface area contributed by atoms with Crippen molar-refractivity contribution in [1.29, 1.82) is 0 Å². The van der Waals surface area contributed by atoms with Gasteiger partial charge in [0.05, 0.1) is 11.4 Å². The molecule has 1 aliphatic heterocycles. The van der Waals surface area contributed by atoms with Gasteiger partial charge in [0.2, 0.25) is 15.9 Å². The topological polar surface area (TPSA) is 60.9 Å². The molecule has 2 aliphatic rings. The minimum Gasteiger partial charge on any atom is -0.342 e. The van der Waals surface area contributed by atoms with Gasteiger partial charge in [0.1, 0.15) is 0 Å². The quantitative estimate of drug-likeness (QED) is 0.753. The number of aryl methyl sites for hydroxylation is 1. The minimum absolute atomic E-state index is 0.124. The van der Waals surface area contributed by atoms with E-state index in [4.69, 9.17) is 0 Å². The number of hydrogen-bond donors (Lipinski definition) is 0. The Balaban J connectivity index is 1.53. The molecule has 1 aliphatic carbocycles. The maximum atomic E-state index is 12.7. The fourth-order valence-electron chi connectivity index (χ4n) is 3.41. The van der Waals surface area contributed by atoms with E-state index in [1.54, 1.807) is 12.1 Å².